The van der Waals surface area contributed by atoms with Gasteiger partial charge in [0.2, 0.25) is 0 Å². The fourth-order valence-electron chi connectivity index (χ4n) is 2.86. The molecule has 2 N–H and O–H groups in total. The van der Waals surface area contributed by atoms with Gasteiger partial charge >= 0.3 is 0 Å². The van der Waals surface area contributed by atoms with E-state index in [-0.39, 0.29) is 16.8 Å². The van der Waals surface area contributed by atoms with Crippen molar-refractivity contribution >= 4 is 23.6 Å². The van der Waals surface area contributed by atoms with Crippen LogP contribution in [0, 0.1) is 35.3 Å². The second kappa shape index (κ2) is 9.32. The summed E-state index contributed by atoms with van der Waals surface area (Å²) in [6.45, 7) is 6.75. The number of rotatable bonds is 6. The molecule has 2 aromatic rings. The molecule has 0 atom stereocenters. The molecule has 29 heavy (non-hydrogen) atoms. The Morgan fingerprint density at radius 3 is 2.62 bits per heavy atom. The van der Waals surface area contributed by atoms with Crippen molar-refractivity contribution in [2.24, 2.45) is 0 Å². The van der Waals surface area contributed by atoms with E-state index < -0.39 is 16.7 Å². The molecule has 2 rings (SSSR count). The Morgan fingerprint density at radius 1 is 1.28 bits per heavy atom. The van der Waals surface area contributed by atoms with Gasteiger partial charge in [-0.3, -0.25) is 30.6 Å². The van der Waals surface area contributed by atoms with Crippen LogP contribution < -0.4 is 10.9 Å². The highest BCUT2D eigenvalue weighted by Gasteiger charge is 2.15. The van der Waals surface area contributed by atoms with E-state index in [2.05, 4.69) is 22.3 Å². The van der Waals surface area contributed by atoms with Crippen LogP contribution in [0.2, 0.25) is 0 Å². The van der Waals surface area contributed by atoms with Crippen LogP contribution in [0.1, 0.15) is 40.7 Å². The highest BCUT2D eigenvalue weighted by Crippen LogP contribution is 2.19. The first-order valence-corrected chi connectivity index (χ1v) is 8.92. The van der Waals surface area contributed by atoms with Gasteiger partial charge in [-0.25, -0.2) is 0 Å². The molecule has 0 saturated heterocycles. The molecule has 1 heterocycles. The van der Waals surface area contributed by atoms with Crippen LogP contribution in [-0.2, 0) is 11.3 Å². The Hall–Kier alpha value is -3.93. The molecule has 2 amide bonds. The predicted octanol–water partition coefficient (Wildman–Crippen LogP) is 2.79. The largest absolute Gasteiger partial charge is 0.349 e. The monoisotopic (exact) mass is 395 g/mol. The quantitative estimate of drug-likeness (QED) is 0.336. The summed E-state index contributed by atoms with van der Waals surface area (Å²) in [5.41, 5.74) is 6.60. The fraction of sp³-hybridized carbons (Fsp3) is 0.250. The second-order valence-electron chi connectivity index (χ2n) is 6.36. The number of aromatic nitrogens is 1. The Labute approximate surface area is 167 Å². The number of nitrogens with one attached hydrogen (secondary N) is 2. The van der Waals surface area contributed by atoms with Gasteiger partial charge in [0.25, 0.3) is 17.5 Å². The van der Waals surface area contributed by atoms with Crippen LogP contribution in [0.5, 0.6) is 0 Å². The molecule has 0 spiro atoms. The fourth-order valence-corrected chi connectivity index (χ4v) is 2.86. The first-order chi connectivity index (χ1) is 13.8. The molecule has 1 aromatic carbocycles. The minimum absolute atomic E-state index is 0.00472. The predicted molar refractivity (Wildman–Crippen MR) is 106 cm³/mol. The lowest BCUT2D eigenvalue weighted by Gasteiger charge is -2.08. The molecule has 0 radical (unpaired) electrons. The maximum atomic E-state index is 12.3. The third kappa shape index (κ3) is 5.07. The molecule has 9 nitrogen and oxygen atoms in total. The number of nitro groups is 1. The smallest absolute Gasteiger partial charge is 0.280 e. The van der Waals surface area contributed by atoms with Crippen molar-refractivity contribution in [3.8, 4) is 6.07 Å². The Bertz CT molecular complexity index is 1030. The van der Waals surface area contributed by atoms with Crippen LogP contribution >= 0.6 is 0 Å². The highest BCUT2D eigenvalue weighted by atomic mass is 16.6. The normalized spacial score (nSPS) is 10.9. The Morgan fingerprint density at radius 2 is 2.00 bits per heavy atom. The SMILES string of the molecule is CCCn1c(C)cc(/C=C(/C#N)C(=O)NNC(=O)c2cccc([N+](=O)[O-])c2)c1C. The van der Waals surface area contributed by atoms with E-state index in [1.807, 2.05) is 26.0 Å². The van der Waals surface area contributed by atoms with Crippen molar-refractivity contribution in [1.29, 1.82) is 5.26 Å². The molecule has 150 valence electrons. The first-order valence-electron chi connectivity index (χ1n) is 8.92. The molecule has 0 saturated carbocycles. The molecule has 0 aliphatic rings. The minimum atomic E-state index is -0.786. The molecule has 0 aliphatic carbocycles. The van der Waals surface area contributed by atoms with E-state index in [4.69, 9.17) is 0 Å². The van der Waals surface area contributed by atoms with Crippen molar-refractivity contribution in [3.05, 3.63) is 68.5 Å². The third-order valence-electron chi connectivity index (χ3n) is 4.33. The lowest BCUT2D eigenvalue weighted by atomic mass is 10.1. The van der Waals surface area contributed by atoms with Gasteiger partial charge in [-0.05, 0) is 44.0 Å². The van der Waals surface area contributed by atoms with Crippen LogP contribution in [0.4, 0.5) is 5.69 Å². The number of nitrogens with zero attached hydrogens (tertiary/aromatic N) is 3. The summed E-state index contributed by atoms with van der Waals surface area (Å²) in [4.78, 5) is 34.6. The Balaban J connectivity index is 2.13. The second-order valence-corrected chi connectivity index (χ2v) is 6.36. The Kier molecular flexibility index (Phi) is 6.87. The lowest BCUT2D eigenvalue weighted by molar-refractivity contribution is -0.384. The van der Waals surface area contributed by atoms with E-state index in [0.717, 1.165) is 36.0 Å². The van der Waals surface area contributed by atoms with E-state index in [9.17, 15) is 25.0 Å². The number of hydrogen-bond acceptors (Lipinski definition) is 5. The summed E-state index contributed by atoms with van der Waals surface area (Å²) in [5, 5.41) is 20.1. The molecular weight excluding hydrogens is 374 g/mol. The minimum Gasteiger partial charge on any atom is -0.349 e. The van der Waals surface area contributed by atoms with Crippen molar-refractivity contribution in [1.82, 2.24) is 15.4 Å². The van der Waals surface area contributed by atoms with Gasteiger partial charge in [-0.15, -0.1) is 0 Å². The summed E-state index contributed by atoms with van der Waals surface area (Å²) in [6.07, 6.45) is 2.41. The molecule has 0 aliphatic heterocycles. The average molecular weight is 395 g/mol. The third-order valence-corrected chi connectivity index (χ3v) is 4.33. The molecule has 0 fully saturated rings. The van der Waals surface area contributed by atoms with Gasteiger partial charge in [0, 0.05) is 35.6 Å². The summed E-state index contributed by atoms with van der Waals surface area (Å²) in [6, 6.07) is 8.79. The number of nitriles is 1. The average Bonchev–Trinajstić information content (AvgIpc) is 2.97. The standard InChI is InChI=1S/C20H21N5O4/c1-4-8-24-13(2)9-16(14(24)3)10-17(12-21)20(27)23-22-19(26)15-6-5-7-18(11-15)25(28)29/h5-7,9-11H,4,8H2,1-3H3,(H,22,26)(H,23,27)/b17-10-. The number of hydrogen-bond donors (Lipinski definition) is 2. The lowest BCUT2D eigenvalue weighted by Crippen LogP contribution is -2.42. The topological polar surface area (TPSA) is 130 Å². The van der Waals surface area contributed by atoms with Gasteiger partial charge in [0.15, 0.2) is 0 Å². The first kappa shape index (κ1) is 21.4. The molecule has 9 heteroatoms. The van der Waals surface area contributed by atoms with Crippen LogP contribution in [-0.4, -0.2) is 21.3 Å². The number of carbonyl (C=O) groups excluding carboxylic acids is 2. The number of hydrazine groups is 1. The van der Waals surface area contributed by atoms with E-state index in [1.165, 1.54) is 24.3 Å². The van der Waals surface area contributed by atoms with Crippen LogP contribution in [0.25, 0.3) is 6.08 Å². The molecule has 1 aromatic heterocycles. The summed E-state index contributed by atoms with van der Waals surface area (Å²) >= 11 is 0. The highest BCUT2D eigenvalue weighted by molar-refractivity contribution is 6.03. The van der Waals surface area contributed by atoms with Gasteiger partial charge in [-0.1, -0.05) is 13.0 Å². The zero-order valence-corrected chi connectivity index (χ0v) is 16.4. The number of non-ortho nitro benzene ring substituents is 1. The molecular formula is C20H21N5O4. The van der Waals surface area contributed by atoms with E-state index >= 15 is 0 Å². The van der Waals surface area contributed by atoms with Gasteiger partial charge in [-0.2, -0.15) is 5.26 Å². The van der Waals surface area contributed by atoms with Crippen LogP contribution in [0.15, 0.2) is 35.9 Å². The van der Waals surface area contributed by atoms with Crippen LogP contribution in [0.3, 0.4) is 0 Å². The maximum Gasteiger partial charge on any atom is 0.280 e. The summed E-state index contributed by atoms with van der Waals surface area (Å²) < 4.78 is 2.10. The van der Waals surface area contributed by atoms with Crippen molar-refractivity contribution in [2.75, 3.05) is 0 Å². The number of amides is 2. The molecule has 0 bridgehead atoms. The molecule has 0 unspecified atom stereocenters. The number of aryl methyl sites for hydroxylation is 1. The maximum absolute atomic E-state index is 12.3. The zero-order chi connectivity index (χ0) is 21.6. The van der Waals surface area contributed by atoms with E-state index in [1.54, 1.807) is 0 Å². The van der Waals surface area contributed by atoms with E-state index in [0.29, 0.717) is 0 Å². The van der Waals surface area contributed by atoms with Gasteiger partial charge in [0.05, 0.1) is 4.92 Å². The summed E-state index contributed by atoms with van der Waals surface area (Å²) in [5.74, 6) is -1.52. The zero-order valence-electron chi connectivity index (χ0n) is 16.4. The number of nitro benzene ring substituents is 1. The summed E-state index contributed by atoms with van der Waals surface area (Å²) in [7, 11) is 0. The van der Waals surface area contributed by atoms with Crippen molar-refractivity contribution in [2.45, 2.75) is 33.7 Å². The van der Waals surface area contributed by atoms with Gasteiger partial charge < -0.3 is 4.57 Å². The van der Waals surface area contributed by atoms with Crippen molar-refractivity contribution < 1.29 is 14.5 Å². The number of benzene rings is 1. The number of carbonyl (C=O) groups is 2. The van der Waals surface area contributed by atoms with Crippen molar-refractivity contribution in [3.63, 3.8) is 0 Å². The van der Waals surface area contributed by atoms with Gasteiger partial charge in [0.1, 0.15) is 11.6 Å².